The molecule has 0 saturated carbocycles. The zero-order chi connectivity index (χ0) is 19.2. The molecule has 0 spiro atoms. The van der Waals surface area contributed by atoms with E-state index in [1.807, 2.05) is 0 Å². The van der Waals surface area contributed by atoms with Crippen LogP contribution < -0.4 is 10.6 Å². The molecule has 3 rings (SSSR count). The number of benzene rings is 2. The van der Waals surface area contributed by atoms with Crippen LogP contribution in [-0.2, 0) is 6.42 Å². The summed E-state index contributed by atoms with van der Waals surface area (Å²) in [6.07, 6.45) is 1.64. The van der Waals surface area contributed by atoms with Crippen molar-refractivity contribution in [2.45, 2.75) is 6.42 Å². The molecule has 8 heteroatoms. The van der Waals surface area contributed by atoms with Gasteiger partial charge in [-0.2, -0.15) is 0 Å². The quantitative estimate of drug-likeness (QED) is 0.691. The SMILES string of the molecule is O=C(Nc1ccc(F)c(F)c1)c1cc(NCCc2ccccc2F)ncn1. The highest BCUT2D eigenvalue weighted by atomic mass is 19.2. The van der Waals surface area contributed by atoms with Gasteiger partial charge >= 0.3 is 0 Å². The van der Waals surface area contributed by atoms with Gasteiger partial charge in [0, 0.05) is 24.4 Å². The minimum Gasteiger partial charge on any atom is -0.370 e. The summed E-state index contributed by atoms with van der Waals surface area (Å²) in [6.45, 7) is 0.405. The van der Waals surface area contributed by atoms with Gasteiger partial charge in [0.2, 0.25) is 0 Å². The Morgan fingerprint density at radius 3 is 2.52 bits per heavy atom. The van der Waals surface area contributed by atoms with Crippen molar-refractivity contribution >= 4 is 17.4 Å². The number of carbonyl (C=O) groups excluding carboxylic acids is 1. The summed E-state index contributed by atoms with van der Waals surface area (Å²) in [7, 11) is 0. The average Bonchev–Trinajstić information content (AvgIpc) is 2.66. The Bertz CT molecular complexity index is 965. The monoisotopic (exact) mass is 372 g/mol. The maximum Gasteiger partial charge on any atom is 0.274 e. The van der Waals surface area contributed by atoms with Crippen LogP contribution in [0.4, 0.5) is 24.7 Å². The van der Waals surface area contributed by atoms with Crippen LogP contribution in [0.15, 0.2) is 54.9 Å². The average molecular weight is 372 g/mol. The lowest BCUT2D eigenvalue weighted by Crippen LogP contribution is -2.15. The number of hydrogen-bond donors (Lipinski definition) is 2. The molecule has 0 aliphatic rings. The third-order valence-electron chi connectivity index (χ3n) is 3.74. The van der Waals surface area contributed by atoms with Gasteiger partial charge < -0.3 is 10.6 Å². The molecular formula is C19H15F3N4O. The molecule has 3 aromatic rings. The maximum atomic E-state index is 13.6. The maximum absolute atomic E-state index is 13.6. The molecule has 27 heavy (non-hydrogen) atoms. The molecule has 1 amide bonds. The second kappa shape index (κ2) is 8.31. The number of nitrogens with one attached hydrogen (secondary N) is 2. The highest BCUT2D eigenvalue weighted by Gasteiger charge is 2.11. The van der Waals surface area contributed by atoms with Gasteiger partial charge in [-0.3, -0.25) is 4.79 Å². The first-order valence-corrected chi connectivity index (χ1v) is 8.08. The molecule has 0 aliphatic heterocycles. The lowest BCUT2D eigenvalue weighted by molar-refractivity contribution is 0.102. The molecule has 1 heterocycles. The van der Waals surface area contributed by atoms with E-state index < -0.39 is 17.5 Å². The van der Waals surface area contributed by atoms with Crippen molar-refractivity contribution in [1.82, 2.24) is 9.97 Å². The zero-order valence-corrected chi connectivity index (χ0v) is 14.0. The van der Waals surface area contributed by atoms with Crippen molar-refractivity contribution in [1.29, 1.82) is 0 Å². The summed E-state index contributed by atoms with van der Waals surface area (Å²) in [5.41, 5.74) is 0.713. The highest BCUT2D eigenvalue weighted by molar-refractivity contribution is 6.03. The standard InChI is InChI=1S/C19H15F3N4O/c20-14-4-2-1-3-12(14)7-8-23-18-10-17(24-11-25-18)19(27)26-13-5-6-15(21)16(22)9-13/h1-6,9-11H,7-8H2,(H,26,27)(H,23,24,25). The van der Waals surface area contributed by atoms with Crippen LogP contribution in [0.25, 0.3) is 0 Å². The van der Waals surface area contributed by atoms with Crippen LogP contribution in [-0.4, -0.2) is 22.4 Å². The number of nitrogens with zero attached hydrogens (tertiary/aromatic N) is 2. The van der Waals surface area contributed by atoms with E-state index in [1.165, 1.54) is 24.5 Å². The number of halogens is 3. The van der Waals surface area contributed by atoms with Crippen molar-refractivity contribution in [2.75, 3.05) is 17.2 Å². The molecule has 0 radical (unpaired) electrons. The van der Waals surface area contributed by atoms with Crippen molar-refractivity contribution in [3.63, 3.8) is 0 Å². The molecule has 0 fully saturated rings. The Kier molecular flexibility index (Phi) is 5.65. The van der Waals surface area contributed by atoms with Gasteiger partial charge in [0.25, 0.3) is 5.91 Å². The van der Waals surface area contributed by atoms with Crippen LogP contribution in [0.2, 0.25) is 0 Å². The van der Waals surface area contributed by atoms with E-state index in [0.717, 1.165) is 12.1 Å². The smallest absolute Gasteiger partial charge is 0.274 e. The fourth-order valence-corrected chi connectivity index (χ4v) is 2.37. The second-order valence-corrected chi connectivity index (χ2v) is 5.64. The van der Waals surface area contributed by atoms with Crippen molar-refractivity contribution in [3.05, 3.63) is 83.6 Å². The van der Waals surface area contributed by atoms with Gasteiger partial charge in [-0.25, -0.2) is 23.1 Å². The van der Waals surface area contributed by atoms with Crippen molar-refractivity contribution < 1.29 is 18.0 Å². The molecule has 0 unspecified atom stereocenters. The van der Waals surface area contributed by atoms with Crippen LogP contribution >= 0.6 is 0 Å². The topological polar surface area (TPSA) is 66.9 Å². The number of carbonyl (C=O) groups is 1. The third kappa shape index (κ3) is 4.81. The molecule has 138 valence electrons. The second-order valence-electron chi connectivity index (χ2n) is 5.64. The van der Waals surface area contributed by atoms with Gasteiger partial charge in [-0.15, -0.1) is 0 Å². The molecule has 0 saturated heterocycles. The summed E-state index contributed by atoms with van der Waals surface area (Å²) in [5, 5.41) is 5.42. The number of amides is 1. The van der Waals surface area contributed by atoms with Crippen LogP contribution in [0.5, 0.6) is 0 Å². The molecule has 2 aromatic carbocycles. The molecule has 5 nitrogen and oxygen atoms in total. The lowest BCUT2D eigenvalue weighted by atomic mass is 10.1. The van der Waals surface area contributed by atoms with Crippen molar-refractivity contribution in [3.8, 4) is 0 Å². The minimum atomic E-state index is -1.06. The third-order valence-corrected chi connectivity index (χ3v) is 3.74. The Hall–Kier alpha value is -3.42. The van der Waals surface area contributed by atoms with Gasteiger partial charge in [0.1, 0.15) is 23.7 Å². The first-order valence-electron chi connectivity index (χ1n) is 8.08. The summed E-state index contributed by atoms with van der Waals surface area (Å²) in [6, 6.07) is 10.9. The van der Waals surface area contributed by atoms with E-state index in [9.17, 15) is 18.0 Å². The Balaban J connectivity index is 1.61. The van der Waals surface area contributed by atoms with E-state index in [4.69, 9.17) is 0 Å². The zero-order valence-electron chi connectivity index (χ0n) is 14.0. The number of rotatable bonds is 6. The predicted molar refractivity (Wildman–Crippen MR) is 94.9 cm³/mol. The number of hydrogen-bond acceptors (Lipinski definition) is 4. The lowest BCUT2D eigenvalue weighted by Gasteiger charge is -2.08. The van der Waals surface area contributed by atoms with E-state index in [0.29, 0.717) is 24.3 Å². The largest absolute Gasteiger partial charge is 0.370 e. The van der Waals surface area contributed by atoms with E-state index in [1.54, 1.807) is 18.2 Å². The predicted octanol–water partition coefficient (Wildman–Crippen LogP) is 3.80. The van der Waals surface area contributed by atoms with Gasteiger partial charge in [0.05, 0.1) is 0 Å². The molecule has 2 N–H and O–H groups in total. The Morgan fingerprint density at radius 2 is 1.74 bits per heavy atom. The summed E-state index contributed by atoms with van der Waals surface area (Å²) in [5.74, 6) is -2.56. The molecule has 0 bridgehead atoms. The molecule has 0 aliphatic carbocycles. The summed E-state index contributed by atoms with van der Waals surface area (Å²) < 4.78 is 39.7. The highest BCUT2D eigenvalue weighted by Crippen LogP contribution is 2.15. The van der Waals surface area contributed by atoms with Crippen LogP contribution in [0.3, 0.4) is 0 Å². The molecule has 0 atom stereocenters. The van der Waals surface area contributed by atoms with Gasteiger partial charge in [-0.05, 0) is 30.2 Å². The molecule has 1 aromatic heterocycles. The van der Waals surface area contributed by atoms with Crippen molar-refractivity contribution in [2.24, 2.45) is 0 Å². The fourth-order valence-electron chi connectivity index (χ4n) is 2.37. The van der Waals surface area contributed by atoms with Gasteiger partial charge in [0.15, 0.2) is 11.6 Å². The Labute approximate surface area is 153 Å². The molecular weight excluding hydrogens is 357 g/mol. The number of anilines is 2. The van der Waals surface area contributed by atoms with E-state index in [-0.39, 0.29) is 17.2 Å². The van der Waals surface area contributed by atoms with E-state index >= 15 is 0 Å². The van der Waals surface area contributed by atoms with Crippen LogP contribution in [0, 0.1) is 17.5 Å². The Morgan fingerprint density at radius 1 is 0.926 bits per heavy atom. The summed E-state index contributed by atoms with van der Waals surface area (Å²) in [4.78, 5) is 20.1. The van der Waals surface area contributed by atoms with E-state index in [2.05, 4.69) is 20.6 Å². The van der Waals surface area contributed by atoms with Gasteiger partial charge in [-0.1, -0.05) is 18.2 Å². The number of aromatic nitrogens is 2. The normalized spacial score (nSPS) is 10.5. The van der Waals surface area contributed by atoms with Crippen LogP contribution in [0.1, 0.15) is 16.1 Å². The summed E-state index contributed by atoms with van der Waals surface area (Å²) >= 11 is 0. The first-order chi connectivity index (χ1) is 13.0. The fraction of sp³-hybridized carbons (Fsp3) is 0.105. The minimum absolute atomic E-state index is 0.0446. The first kappa shape index (κ1) is 18.4.